The standard InChI is InChI=1S/C14H20N2O/c1-4-16(13(3)17-10-6-9-15)14-8-5-7-12(2)11-14/h5,7-8,11,13H,4,6,10H2,1-3H3. The van der Waals surface area contributed by atoms with Crippen LogP contribution in [0.25, 0.3) is 0 Å². The molecular formula is C14H20N2O. The van der Waals surface area contributed by atoms with Gasteiger partial charge in [0.25, 0.3) is 0 Å². The van der Waals surface area contributed by atoms with Crippen molar-refractivity contribution in [3.8, 4) is 6.07 Å². The lowest BCUT2D eigenvalue weighted by Gasteiger charge is -2.30. The van der Waals surface area contributed by atoms with E-state index in [1.54, 1.807) is 0 Å². The molecule has 1 unspecified atom stereocenters. The van der Waals surface area contributed by atoms with Gasteiger partial charge in [0, 0.05) is 12.2 Å². The first kappa shape index (κ1) is 13.5. The molecule has 0 saturated heterocycles. The van der Waals surface area contributed by atoms with Crippen LogP contribution in [0.3, 0.4) is 0 Å². The van der Waals surface area contributed by atoms with E-state index in [0.717, 1.165) is 12.2 Å². The van der Waals surface area contributed by atoms with E-state index < -0.39 is 0 Å². The molecule has 0 bridgehead atoms. The molecule has 0 N–H and O–H groups in total. The zero-order chi connectivity index (χ0) is 12.7. The summed E-state index contributed by atoms with van der Waals surface area (Å²) in [4.78, 5) is 2.18. The fourth-order valence-corrected chi connectivity index (χ4v) is 1.82. The Morgan fingerprint density at radius 1 is 1.47 bits per heavy atom. The zero-order valence-corrected chi connectivity index (χ0v) is 10.8. The summed E-state index contributed by atoms with van der Waals surface area (Å²) in [5.41, 5.74) is 2.40. The van der Waals surface area contributed by atoms with Gasteiger partial charge in [-0.05, 0) is 38.5 Å². The van der Waals surface area contributed by atoms with Crippen LogP contribution in [0.2, 0.25) is 0 Å². The fourth-order valence-electron chi connectivity index (χ4n) is 1.82. The lowest BCUT2D eigenvalue weighted by molar-refractivity contribution is 0.0681. The third kappa shape index (κ3) is 4.08. The number of ether oxygens (including phenoxy) is 1. The van der Waals surface area contributed by atoms with Crippen LogP contribution in [0.4, 0.5) is 5.69 Å². The molecule has 0 saturated carbocycles. The molecule has 1 aromatic carbocycles. The molecule has 0 spiro atoms. The van der Waals surface area contributed by atoms with Crippen LogP contribution < -0.4 is 4.90 Å². The van der Waals surface area contributed by atoms with Crippen LogP contribution in [-0.4, -0.2) is 19.4 Å². The van der Waals surface area contributed by atoms with Crippen molar-refractivity contribution >= 4 is 5.69 Å². The summed E-state index contributed by atoms with van der Waals surface area (Å²) in [6, 6.07) is 10.4. The Morgan fingerprint density at radius 2 is 2.24 bits per heavy atom. The van der Waals surface area contributed by atoms with Gasteiger partial charge in [0.15, 0.2) is 0 Å². The third-order valence-corrected chi connectivity index (χ3v) is 2.69. The minimum atomic E-state index is -0.00449. The van der Waals surface area contributed by atoms with E-state index in [0.29, 0.717) is 13.0 Å². The second-order valence-electron chi connectivity index (χ2n) is 4.00. The van der Waals surface area contributed by atoms with E-state index in [-0.39, 0.29) is 6.23 Å². The maximum absolute atomic E-state index is 8.48. The van der Waals surface area contributed by atoms with E-state index in [2.05, 4.69) is 49.1 Å². The highest BCUT2D eigenvalue weighted by Crippen LogP contribution is 2.18. The molecule has 0 fully saturated rings. The molecule has 0 aliphatic heterocycles. The molecule has 92 valence electrons. The van der Waals surface area contributed by atoms with Gasteiger partial charge in [-0.1, -0.05) is 12.1 Å². The van der Waals surface area contributed by atoms with Gasteiger partial charge in [-0.2, -0.15) is 5.26 Å². The Hall–Kier alpha value is -1.53. The first-order valence-electron chi connectivity index (χ1n) is 6.01. The summed E-state index contributed by atoms with van der Waals surface area (Å²) in [7, 11) is 0. The molecule has 0 radical (unpaired) electrons. The van der Waals surface area contributed by atoms with Gasteiger partial charge in [-0.25, -0.2) is 0 Å². The van der Waals surface area contributed by atoms with Crippen LogP contribution in [0.5, 0.6) is 0 Å². The third-order valence-electron chi connectivity index (χ3n) is 2.69. The van der Waals surface area contributed by atoms with E-state index in [1.807, 2.05) is 6.92 Å². The van der Waals surface area contributed by atoms with Gasteiger partial charge >= 0.3 is 0 Å². The smallest absolute Gasteiger partial charge is 0.127 e. The lowest BCUT2D eigenvalue weighted by Crippen LogP contribution is -2.35. The normalized spacial score (nSPS) is 11.9. The maximum Gasteiger partial charge on any atom is 0.127 e. The first-order valence-corrected chi connectivity index (χ1v) is 6.01. The molecule has 1 rings (SSSR count). The summed E-state index contributed by atoms with van der Waals surface area (Å²) < 4.78 is 5.63. The van der Waals surface area contributed by atoms with Crippen molar-refractivity contribution in [2.45, 2.75) is 33.4 Å². The van der Waals surface area contributed by atoms with Gasteiger partial charge < -0.3 is 9.64 Å². The van der Waals surface area contributed by atoms with Gasteiger partial charge in [-0.15, -0.1) is 0 Å². The molecule has 0 aromatic heterocycles. The zero-order valence-electron chi connectivity index (χ0n) is 10.8. The van der Waals surface area contributed by atoms with Gasteiger partial charge in [-0.3, -0.25) is 0 Å². The molecule has 0 heterocycles. The van der Waals surface area contributed by atoms with Crippen molar-refractivity contribution < 1.29 is 4.74 Å². The number of rotatable bonds is 6. The van der Waals surface area contributed by atoms with Crippen molar-refractivity contribution in [1.82, 2.24) is 0 Å². The number of anilines is 1. The quantitative estimate of drug-likeness (QED) is 0.558. The lowest BCUT2D eigenvalue weighted by atomic mass is 10.2. The minimum absolute atomic E-state index is 0.00449. The Morgan fingerprint density at radius 3 is 2.82 bits per heavy atom. The number of nitrogens with zero attached hydrogens (tertiary/aromatic N) is 2. The van der Waals surface area contributed by atoms with Crippen LogP contribution in [0.1, 0.15) is 25.8 Å². The first-order chi connectivity index (χ1) is 8.19. The molecule has 0 aliphatic rings. The summed E-state index contributed by atoms with van der Waals surface area (Å²) >= 11 is 0. The SMILES string of the molecule is CCN(c1cccc(C)c1)C(C)OCCC#N. The largest absolute Gasteiger partial charge is 0.358 e. The predicted molar refractivity (Wildman–Crippen MR) is 69.8 cm³/mol. The van der Waals surface area contributed by atoms with Crippen LogP contribution in [-0.2, 0) is 4.74 Å². The highest BCUT2D eigenvalue weighted by Gasteiger charge is 2.12. The average molecular weight is 232 g/mol. The van der Waals surface area contributed by atoms with Gasteiger partial charge in [0.2, 0.25) is 0 Å². The molecule has 3 heteroatoms. The van der Waals surface area contributed by atoms with Gasteiger partial charge in [0.1, 0.15) is 6.23 Å². The van der Waals surface area contributed by atoms with Crippen LogP contribution >= 0.6 is 0 Å². The van der Waals surface area contributed by atoms with E-state index in [4.69, 9.17) is 10.00 Å². The van der Waals surface area contributed by atoms with Crippen molar-refractivity contribution in [2.75, 3.05) is 18.1 Å². The van der Waals surface area contributed by atoms with Crippen LogP contribution in [0.15, 0.2) is 24.3 Å². The summed E-state index contributed by atoms with van der Waals surface area (Å²) in [5.74, 6) is 0. The molecule has 0 aliphatic carbocycles. The van der Waals surface area contributed by atoms with Crippen molar-refractivity contribution in [3.05, 3.63) is 29.8 Å². The Balaban J connectivity index is 2.67. The Kier molecular flexibility index (Phi) is 5.51. The summed E-state index contributed by atoms with van der Waals surface area (Å²) in [5, 5.41) is 8.48. The number of hydrogen-bond donors (Lipinski definition) is 0. The van der Waals surface area contributed by atoms with Crippen molar-refractivity contribution in [2.24, 2.45) is 0 Å². The molecule has 1 atom stereocenters. The summed E-state index contributed by atoms with van der Waals surface area (Å²) in [6.07, 6.45) is 0.436. The number of benzene rings is 1. The number of hydrogen-bond acceptors (Lipinski definition) is 3. The molecule has 1 aromatic rings. The fraction of sp³-hybridized carbons (Fsp3) is 0.500. The van der Waals surface area contributed by atoms with E-state index >= 15 is 0 Å². The minimum Gasteiger partial charge on any atom is -0.358 e. The summed E-state index contributed by atoms with van der Waals surface area (Å²) in [6.45, 7) is 7.57. The number of aryl methyl sites for hydroxylation is 1. The molecular weight excluding hydrogens is 212 g/mol. The monoisotopic (exact) mass is 232 g/mol. The Bertz CT molecular complexity index is 384. The highest BCUT2D eigenvalue weighted by atomic mass is 16.5. The van der Waals surface area contributed by atoms with Crippen LogP contribution in [0, 0.1) is 18.3 Å². The second-order valence-corrected chi connectivity index (χ2v) is 4.00. The highest BCUT2D eigenvalue weighted by molar-refractivity contribution is 5.48. The van der Waals surface area contributed by atoms with Crippen molar-refractivity contribution in [1.29, 1.82) is 5.26 Å². The number of nitriles is 1. The topological polar surface area (TPSA) is 36.3 Å². The van der Waals surface area contributed by atoms with Gasteiger partial charge in [0.05, 0.1) is 19.1 Å². The Labute approximate surface area is 104 Å². The molecule has 0 amide bonds. The second kappa shape index (κ2) is 6.93. The maximum atomic E-state index is 8.48. The average Bonchev–Trinajstić information content (AvgIpc) is 2.30. The molecule has 17 heavy (non-hydrogen) atoms. The predicted octanol–water partition coefficient (Wildman–Crippen LogP) is 3.10. The molecule has 3 nitrogen and oxygen atoms in total. The van der Waals surface area contributed by atoms with E-state index in [1.165, 1.54) is 5.56 Å². The van der Waals surface area contributed by atoms with Crippen molar-refractivity contribution in [3.63, 3.8) is 0 Å². The van der Waals surface area contributed by atoms with E-state index in [9.17, 15) is 0 Å².